The molecular weight excluding hydrogens is 472 g/mol. The first-order valence-electron chi connectivity index (χ1n) is 11.9. The summed E-state index contributed by atoms with van der Waals surface area (Å²) in [6, 6.07) is 20.1. The Bertz CT molecular complexity index is 1490. The number of furan rings is 1. The van der Waals surface area contributed by atoms with E-state index in [1.54, 1.807) is 28.5 Å². The van der Waals surface area contributed by atoms with Crippen molar-refractivity contribution in [2.45, 2.75) is 13.0 Å². The van der Waals surface area contributed by atoms with Crippen LogP contribution in [0.3, 0.4) is 0 Å². The van der Waals surface area contributed by atoms with Crippen molar-refractivity contribution in [3.05, 3.63) is 102 Å². The van der Waals surface area contributed by atoms with E-state index in [2.05, 4.69) is 46.8 Å². The Kier molecular flexibility index (Phi) is 6.13. The number of amides is 1. The lowest BCUT2D eigenvalue weighted by Crippen LogP contribution is -2.32. The smallest absolute Gasteiger partial charge is 0.257 e. The molecular formula is C29H24N2O4S. The molecule has 0 fully saturated rings. The maximum Gasteiger partial charge on any atom is 0.257 e. The number of hydrogen-bond acceptors (Lipinski definition) is 6. The maximum atomic E-state index is 13.1. The highest BCUT2D eigenvalue weighted by Gasteiger charge is 2.25. The fourth-order valence-corrected chi connectivity index (χ4v) is 5.47. The molecule has 6 rings (SSSR count). The monoisotopic (exact) mass is 496 g/mol. The molecule has 3 aromatic heterocycles. The van der Waals surface area contributed by atoms with Crippen LogP contribution in [-0.2, 0) is 13.0 Å². The van der Waals surface area contributed by atoms with Crippen molar-refractivity contribution >= 4 is 27.3 Å². The average molecular weight is 497 g/mol. The maximum absolute atomic E-state index is 13.1. The third kappa shape index (κ3) is 4.45. The van der Waals surface area contributed by atoms with E-state index in [4.69, 9.17) is 13.9 Å². The summed E-state index contributed by atoms with van der Waals surface area (Å²) in [5.41, 5.74) is 4.61. The Morgan fingerprint density at radius 3 is 2.89 bits per heavy atom. The van der Waals surface area contributed by atoms with E-state index < -0.39 is 0 Å². The molecule has 4 heterocycles. The number of carbonyl (C=O) groups is 1. The van der Waals surface area contributed by atoms with E-state index in [1.807, 2.05) is 18.2 Å². The van der Waals surface area contributed by atoms with Gasteiger partial charge in [0.05, 0.1) is 25.0 Å². The van der Waals surface area contributed by atoms with E-state index in [1.165, 1.54) is 22.6 Å². The molecule has 0 N–H and O–H groups in total. The van der Waals surface area contributed by atoms with Crippen LogP contribution in [0.5, 0.6) is 11.5 Å². The fraction of sp³-hybridized carbons (Fsp3) is 0.172. The van der Waals surface area contributed by atoms with Gasteiger partial charge < -0.3 is 18.8 Å². The van der Waals surface area contributed by atoms with Crippen LogP contribution in [0.15, 0.2) is 89.2 Å². The number of hydrogen-bond donors (Lipinski definition) is 0. The highest BCUT2D eigenvalue weighted by molar-refractivity contribution is 7.17. The van der Waals surface area contributed by atoms with Gasteiger partial charge in [0, 0.05) is 46.1 Å². The Morgan fingerprint density at radius 1 is 1.11 bits per heavy atom. The minimum atomic E-state index is -0.0794. The Balaban J connectivity index is 1.37. The molecule has 0 spiro atoms. The summed E-state index contributed by atoms with van der Waals surface area (Å²) >= 11 is 1.72. The van der Waals surface area contributed by atoms with Crippen molar-refractivity contribution < 1.29 is 18.7 Å². The van der Waals surface area contributed by atoms with Gasteiger partial charge >= 0.3 is 0 Å². The molecule has 1 aliphatic heterocycles. The fourth-order valence-electron chi connectivity index (χ4n) is 4.50. The topological polar surface area (TPSA) is 64.8 Å². The summed E-state index contributed by atoms with van der Waals surface area (Å²) in [7, 11) is 0. The van der Waals surface area contributed by atoms with Gasteiger partial charge in [-0.3, -0.25) is 9.78 Å². The van der Waals surface area contributed by atoms with Crippen molar-refractivity contribution in [3.63, 3.8) is 0 Å². The first-order valence-corrected chi connectivity index (χ1v) is 12.7. The molecule has 36 heavy (non-hydrogen) atoms. The highest BCUT2D eigenvalue weighted by Crippen LogP contribution is 2.42. The first-order chi connectivity index (χ1) is 17.8. The zero-order chi connectivity index (χ0) is 24.3. The number of thiophene rings is 1. The molecule has 5 aromatic rings. The normalized spacial score (nSPS) is 13.2. The SMILES string of the molecule is O=C(c1ccoc1)N1CCOc2c(cc(-c3csc4ccccc34)cc2OCCc2ccccn2)C1. The van der Waals surface area contributed by atoms with Crippen LogP contribution in [0.1, 0.15) is 21.6 Å². The molecule has 0 saturated carbocycles. The van der Waals surface area contributed by atoms with Gasteiger partial charge in [0.1, 0.15) is 12.9 Å². The van der Waals surface area contributed by atoms with Gasteiger partial charge in [-0.15, -0.1) is 11.3 Å². The molecule has 2 aromatic carbocycles. The minimum absolute atomic E-state index is 0.0794. The molecule has 0 aliphatic carbocycles. The number of ether oxygens (including phenoxy) is 2. The molecule has 0 radical (unpaired) electrons. The van der Waals surface area contributed by atoms with Crippen LogP contribution < -0.4 is 9.47 Å². The quantitative estimate of drug-likeness (QED) is 0.280. The largest absolute Gasteiger partial charge is 0.489 e. The van der Waals surface area contributed by atoms with Crippen molar-refractivity contribution in [2.24, 2.45) is 0 Å². The second-order valence-electron chi connectivity index (χ2n) is 8.61. The molecule has 0 bridgehead atoms. The van der Waals surface area contributed by atoms with Crippen molar-refractivity contribution in [3.8, 4) is 22.6 Å². The molecule has 6 nitrogen and oxygen atoms in total. The second kappa shape index (κ2) is 9.87. The van der Waals surface area contributed by atoms with E-state index in [9.17, 15) is 4.79 Å². The minimum Gasteiger partial charge on any atom is -0.489 e. The number of nitrogens with zero attached hydrogens (tertiary/aromatic N) is 2. The van der Waals surface area contributed by atoms with E-state index in [0.29, 0.717) is 49.8 Å². The van der Waals surface area contributed by atoms with Gasteiger partial charge in [-0.25, -0.2) is 0 Å². The summed E-state index contributed by atoms with van der Waals surface area (Å²) in [4.78, 5) is 19.3. The van der Waals surface area contributed by atoms with Crippen LogP contribution in [0, 0.1) is 0 Å². The predicted molar refractivity (Wildman–Crippen MR) is 140 cm³/mol. The Hall–Kier alpha value is -4.10. The standard InChI is InChI=1S/C29H24N2O4S/c32-29(20-8-12-33-18-20)31-11-14-35-28-22(17-31)15-21(25-19-36-27-7-2-1-6-24(25)27)16-26(28)34-13-9-23-5-3-4-10-30-23/h1-8,10,12,15-16,18-19H,9,11,13-14,17H2. The summed E-state index contributed by atoms with van der Waals surface area (Å²) in [6.07, 6.45) is 5.47. The summed E-state index contributed by atoms with van der Waals surface area (Å²) < 4.78 is 18.9. The number of rotatable bonds is 6. The lowest BCUT2D eigenvalue weighted by Gasteiger charge is -2.20. The number of fused-ring (bicyclic) bond motifs is 2. The third-order valence-electron chi connectivity index (χ3n) is 6.29. The average Bonchev–Trinajstić information content (AvgIpc) is 3.55. The lowest BCUT2D eigenvalue weighted by molar-refractivity contribution is 0.0732. The molecule has 180 valence electrons. The summed E-state index contributed by atoms with van der Waals surface area (Å²) in [5.74, 6) is 1.30. The molecule has 7 heteroatoms. The number of benzene rings is 2. The first kappa shape index (κ1) is 22.4. The van der Waals surface area contributed by atoms with Crippen LogP contribution in [0.4, 0.5) is 0 Å². The summed E-state index contributed by atoms with van der Waals surface area (Å²) in [5, 5.41) is 3.37. The molecule has 1 aliphatic rings. The zero-order valence-electron chi connectivity index (χ0n) is 19.6. The van der Waals surface area contributed by atoms with Crippen molar-refractivity contribution in [2.75, 3.05) is 19.8 Å². The van der Waals surface area contributed by atoms with Gasteiger partial charge in [0.2, 0.25) is 0 Å². The van der Waals surface area contributed by atoms with Gasteiger partial charge in [-0.05, 0) is 47.3 Å². The molecule has 0 unspecified atom stereocenters. The Labute approximate surface area is 212 Å². The van der Waals surface area contributed by atoms with Gasteiger partial charge in [0.25, 0.3) is 5.91 Å². The van der Waals surface area contributed by atoms with Crippen molar-refractivity contribution in [1.29, 1.82) is 0 Å². The molecule has 0 saturated heterocycles. The second-order valence-corrected chi connectivity index (χ2v) is 9.53. The predicted octanol–water partition coefficient (Wildman–Crippen LogP) is 6.21. The van der Waals surface area contributed by atoms with Gasteiger partial charge in [0.15, 0.2) is 11.5 Å². The van der Waals surface area contributed by atoms with Crippen LogP contribution in [-0.4, -0.2) is 35.5 Å². The highest BCUT2D eigenvalue weighted by atomic mass is 32.1. The number of aromatic nitrogens is 1. The lowest BCUT2D eigenvalue weighted by atomic mass is 10.0. The van der Waals surface area contributed by atoms with E-state index in [0.717, 1.165) is 22.4 Å². The van der Waals surface area contributed by atoms with Crippen LogP contribution in [0.2, 0.25) is 0 Å². The van der Waals surface area contributed by atoms with Gasteiger partial charge in [-0.1, -0.05) is 24.3 Å². The Morgan fingerprint density at radius 2 is 2.03 bits per heavy atom. The van der Waals surface area contributed by atoms with Gasteiger partial charge in [-0.2, -0.15) is 0 Å². The van der Waals surface area contributed by atoms with E-state index >= 15 is 0 Å². The zero-order valence-corrected chi connectivity index (χ0v) is 20.4. The van der Waals surface area contributed by atoms with Crippen LogP contribution in [0.25, 0.3) is 21.2 Å². The third-order valence-corrected chi connectivity index (χ3v) is 7.25. The summed E-state index contributed by atoms with van der Waals surface area (Å²) in [6.45, 7) is 1.75. The number of carbonyl (C=O) groups excluding carboxylic acids is 1. The molecule has 0 atom stereocenters. The van der Waals surface area contributed by atoms with E-state index in [-0.39, 0.29) is 5.91 Å². The number of pyridine rings is 1. The van der Waals surface area contributed by atoms with Crippen LogP contribution >= 0.6 is 11.3 Å². The molecule has 1 amide bonds. The van der Waals surface area contributed by atoms with Crippen molar-refractivity contribution in [1.82, 2.24) is 9.88 Å².